The van der Waals surface area contributed by atoms with E-state index >= 15 is 0 Å². The number of hydrogen-bond donors (Lipinski definition) is 0. The van der Waals surface area contributed by atoms with E-state index in [4.69, 9.17) is 15.0 Å². The Morgan fingerprint density at radius 3 is 1.25 bits per heavy atom. The third kappa shape index (κ3) is 7.43. The molecule has 0 fully saturated rings. The minimum atomic E-state index is -0.540. The first kappa shape index (κ1) is 41.8. The molecule has 0 amide bonds. The molecule has 0 unspecified atom stereocenters. The van der Waals surface area contributed by atoms with Crippen molar-refractivity contribution in [3.63, 3.8) is 0 Å². The molecular weight excluding hydrogens is 859 g/mol. The van der Waals surface area contributed by atoms with Gasteiger partial charge < -0.3 is 0 Å². The molecule has 3 nitrogen and oxygen atoms in total. The predicted octanol–water partition coefficient (Wildman–Crippen LogP) is 17.1. The van der Waals surface area contributed by atoms with Crippen molar-refractivity contribution in [3.05, 3.63) is 295 Å². The Balaban J connectivity index is 0.981. The second-order valence-corrected chi connectivity index (χ2v) is 18.3. The fourth-order valence-corrected chi connectivity index (χ4v) is 10.8. The highest BCUT2D eigenvalue weighted by molar-refractivity contribution is 5.97. The lowest BCUT2D eigenvalue weighted by Crippen LogP contribution is -2.28. The topological polar surface area (TPSA) is 38.7 Å². The standard InChI is InChI=1S/C68H45N3/c1-5-20-46(21-6-1)50-26-18-30-55(42-50)66-69-65(48-23-7-2-8-24-48)70-67(71-66)56-31-19-28-52(43-56)51-27-17-29-53(41-51)61-45-64-62(44-60(61)54-39-38-47-22-13-14-25-49(47)40-54)59-36-15-16-37-63(59)68(64,57-32-9-3-10-33-57)58-34-11-4-12-35-58/h1-45H. The molecular formula is C68H45N3. The number of nitrogens with zero attached hydrogens (tertiary/aromatic N) is 3. The summed E-state index contributed by atoms with van der Waals surface area (Å²) in [6.45, 7) is 0. The maximum atomic E-state index is 5.19. The van der Waals surface area contributed by atoms with Crippen molar-refractivity contribution < 1.29 is 0 Å². The van der Waals surface area contributed by atoms with Gasteiger partial charge in [-0.15, -0.1) is 0 Å². The molecule has 0 spiro atoms. The van der Waals surface area contributed by atoms with Gasteiger partial charge >= 0.3 is 0 Å². The first-order valence-corrected chi connectivity index (χ1v) is 24.2. The van der Waals surface area contributed by atoms with Gasteiger partial charge in [-0.25, -0.2) is 15.0 Å². The molecule has 0 radical (unpaired) electrons. The van der Waals surface area contributed by atoms with Crippen molar-refractivity contribution in [1.29, 1.82) is 0 Å². The van der Waals surface area contributed by atoms with E-state index in [1.165, 1.54) is 60.8 Å². The van der Waals surface area contributed by atoms with Crippen LogP contribution in [0.1, 0.15) is 22.3 Å². The van der Waals surface area contributed by atoms with Gasteiger partial charge in [-0.2, -0.15) is 0 Å². The summed E-state index contributed by atoms with van der Waals surface area (Å²) in [6, 6.07) is 98.3. The molecule has 12 aromatic rings. The van der Waals surface area contributed by atoms with Crippen LogP contribution in [0.4, 0.5) is 0 Å². The van der Waals surface area contributed by atoms with Gasteiger partial charge in [0.15, 0.2) is 17.5 Å². The van der Waals surface area contributed by atoms with E-state index < -0.39 is 5.41 Å². The van der Waals surface area contributed by atoms with Crippen molar-refractivity contribution in [2.24, 2.45) is 0 Å². The zero-order chi connectivity index (χ0) is 47.1. The van der Waals surface area contributed by atoms with E-state index in [9.17, 15) is 0 Å². The van der Waals surface area contributed by atoms with Gasteiger partial charge in [0, 0.05) is 16.7 Å². The molecule has 332 valence electrons. The zero-order valence-corrected chi connectivity index (χ0v) is 38.8. The predicted molar refractivity (Wildman–Crippen MR) is 293 cm³/mol. The van der Waals surface area contributed by atoms with Gasteiger partial charge in [-0.05, 0) is 125 Å². The number of fused-ring (bicyclic) bond motifs is 4. The van der Waals surface area contributed by atoms with E-state index in [0.29, 0.717) is 17.5 Å². The van der Waals surface area contributed by atoms with E-state index in [2.05, 4.69) is 249 Å². The van der Waals surface area contributed by atoms with Crippen LogP contribution in [-0.2, 0) is 5.41 Å². The molecule has 13 rings (SSSR count). The summed E-state index contributed by atoms with van der Waals surface area (Å²) >= 11 is 0. The van der Waals surface area contributed by atoms with Crippen LogP contribution in [0.25, 0.3) is 101 Å². The summed E-state index contributed by atoms with van der Waals surface area (Å²) in [4.78, 5) is 15.4. The lowest BCUT2D eigenvalue weighted by atomic mass is 9.67. The second kappa shape index (κ2) is 17.6. The van der Waals surface area contributed by atoms with Gasteiger partial charge in [0.2, 0.25) is 0 Å². The van der Waals surface area contributed by atoms with E-state index in [1.54, 1.807) is 0 Å². The van der Waals surface area contributed by atoms with Crippen LogP contribution in [0.5, 0.6) is 0 Å². The summed E-state index contributed by atoms with van der Waals surface area (Å²) < 4.78 is 0. The number of rotatable bonds is 9. The minimum absolute atomic E-state index is 0.540. The highest BCUT2D eigenvalue weighted by Gasteiger charge is 2.46. The van der Waals surface area contributed by atoms with Crippen LogP contribution in [0.15, 0.2) is 273 Å². The summed E-state index contributed by atoms with van der Waals surface area (Å²) in [5.41, 5.74) is 18.9. The molecule has 0 saturated carbocycles. The highest BCUT2D eigenvalue weighted by Crippen LogP contribution is 2.58. The van der Waals surface area contributed by atoms with E-state index in [0.717, 1.165) is 44.5 Å². The Kier molecular flexibility index (Phi) is 10.4. The molecule has 0 atom stereocenters. The monoisotopic (exact) mass is 903 g/mol. The third-order valence-corrected chi connectivity index (χ3v) is 14.2. The number of benzene rings is 11. The Labute approximate surface area is 414 Å². The van der Waals surface area contributed by atoms with Crippen molar-refractivity contribution >= 4 is 10.8 Å². The quantitative estimate of drug-likeness (QED) is 0.145. The van der Waals surface area contributed by atoms with Crippen LogP contribution < -0.4 is 0 Å². The lowest BCUT2D eigenvalue weighted by molar-refractivity contribution is 0.769. The van der Waals surface area contributed by atoms with Crippen LogP contribution in [0, 0.1) is 0 Å². The second-order valence-electron chi connectivity index (χ2n) is 18.3. The molecule has 1 heterocycles. The first-order chi connectivity index (χ1) is 35.2. The average molecular weight is 904 g/mol. The Hall–Kier alpha value is -9.31. The molecule has 3 heteroatoms. The maximum absolute atomic E-state index is 5.19. The third-order valence-electron chi connectivity index (χ3n) is 14.2. The summed E-state index contributed by atoms with van der Waals surface area (Å²) in [5, 5.41) is 2.44. The highest BCUT2D eigenvalue weighted by atomic mass is 15.0. The molecule has 0 saturated heterocycles. The van der Waals surface area contributed by atoms with Crippen LogP contribution in [-0.4, -0.2) is 15.0 Å². The number of aromatic nitrogens is 3. The molecule has 71 heavy (non-hydrogen) atoms. The van der Waals surface area contributed by atoms with Crippen molar-refractivity contribution in [1.82, 2.24) is 15.0 Å². The largest absolute Gasteiger partial charge is 0.208 e. The van der Waals surface area contributed by atoms with Gasteiger partial charge in [0.25, 0.3) is 0 Å². The maximum Gasteiger partial charge on any atom is 0.164 e. The lowest BCUT2D eigenvalue weighted by Gasteiger charge is -2.34. The first-order valence-electron chi connectivity index (χ1n) is 24.2. The minimum Gasteiger partial charge on any atom is -0.208 e. The van der Waals surface area contributed by atoms with Gasteiger partial charge in [0.05, 0.1) is 5.41 Å². The van der Waals surface area contributed by atoms with Crippen LogP contribution in [0.3, 0.4) is 0 Å². The number of hydrogen-bond acceptors (Lipinski definition) is 3. The Bertz CT molecular complexity index is 3880. The Morgan fingerprint density at radius 2 is 0.634 bits per heavy atom. The van der Waals surface area contributed by atoms with Gasteiger partial charge in [-0.3, -0.25) is 0 Å². The van der Waals surface area contributed by atoms with Gasteiger partial charge in [-0.1, -0.05) is 237 Å². The van der Waals surface area contributed by atoms with Crippen LogP contribution >= 0.6 is 0 Å². The molecule has 1 aliphatic carbocycles. The van der Waals surface area contributed by atoms with E-state index in [-0.39, 0.29) is 0 Å². The van der Waals surface area contributed by atoms with E-state index in [1.807, 2.05) is 24.3 Å². The smallest absolute Gasteiger partial charge is 0.164 e. The zero-order valence-electron chi connectivity index (χ0n) is 38.8. The SMILES string of the molecule is c1ccc(-c2cccc(-c3nc(-c4ccccc4)nc(-c4cccc(-c5cccc(-c6cc7c(cc6-c6ccc8ccccc8c6)-c6ccccc6C7(c6ccccc6)c6ccccc6)c5)c4)n3)c2)cc1. The molecule has 0 aliphatic heterocycles. The summed E-state index contributed by atoms with van der Waals surface area (Å²) in [5.74, 6) is 1.87. The molecule has 1 aromatic heterocycles. The molecule has 11 aromatic carbocycles. The average Bonchev–Trinajstić information content (AvgIpc) is 3.76. The summed E-state index contributed by atoms with van der Waals surface area (Å²) in [7, 11) is 0. The normalized spacial score (nSPS) is 12.3. The van der Waals surface area contributed by atoms with Crippen LogP contribution in [0.2, 0.25) is 0 Å². The van der Waals surface area contributed by atoms with Crippen molar-refractivity contribution in [2.45, 2.75) is 5.41 Å². The fourth-order valence-electron chi connectivity index (χ4n) is 10.8. The summed E-state index contributed by atoms with van der Waals surface area (Å²) in [6.07, 6.45) is 0. The van der Waals surface area contributed by atoms with Crippen molar-refractivity contribution in [3.8, 4) is 89.8 Å². The Morgan fingerprint density at radius 1 is 0.211 bits per heavy atom. The molecule has 1 aliphatic rings. The molecule has 0 bridgehead atoms. The fraction of sp³-hybridized carbons (Fsp3) is 0.0147. The van der Waals surface area contributed by atoms with Crippen molar-refractivity contribution in [2.75, 3.05) is 0 Å². The van der Waals surface area contributed by atoms with Gasteiger partial charge in [0.1, 0.15) is 0 Å². The molecule has 0 N–H and O–H groups in total.